The van der Waals surface area contributed by atoms with Crippen LogP contribution in [0, 0.1) is 5.41 Å². The number of benzene rings is 1. The molecule has 116 valence electrons. The van der Waals surface area contributed by atoms with Gasteiger partial charge in [0.05, 0.1) is 5.41 Å². The molecule has 1 aliphatic rings. The Hall–Kier alpha value is -1.55. The maximum atomic E-state index is 12.1. The first-order valence-electron chi connectivity index (χ1n) is 7.59. The normalized spacial score (nSPS) is 20.0. The Balaban J connectivity index is 1.97. The van der Waals surface area contributed by atoms with Crippen LogP contribution in [0.3, 0.4) is 0 Å². The third-order valence-corrected chi connectivity index (χ3v) is 3.58. The number of rotatable bonds is 5. The smallest absolute Gasteiger partial charge is 0.311 e. The fourth-order valence-electron chi connectivity index (χ4n) is 2.27. The fourth-order valence-corrected chi connectivity index (χ4v) is 2.27. The van der Waals surface area contributed by atoms with E-state index in [0.29, 0.717) is 6.61 Å². The van der Waals surface area contributed by atoms with Crippen molar-refractivity contribution >= 4 is 5.97 Å². The van der Waals surface area contributed by atoms with Gasteiger partial charge in [0, 0.05) is 6.04 Å². The largest absolute Gasteiger partial charge is 0.490 e. The molecule has 0 aliphatic carbocycles. The van der Waals surface area contributed by atoms with Gasteiger partial charge in [-0.3, -0.25) is 4.79 Å². The molecule has 2 atom stereocenters. The topological polar surface area (TPSA) is 47.6 Å². The van der Waals surface area contributed by atoms with Crippen molar-refractivity contribution in [2.24, 2.45) is 5.41 Å². The van der Waals surface area contributed by atoms with E-state index in [4.69, 9.17) is 9.47 Å². The minimum absolute atomic E-state index is 0.181. The molecule has 1 saturated heterocycles. The van der Waals surface area contributed by atoms with E-state index >= 15 is 0 Å². The van der Waals surface area contributed by atoms with Gasteiger partial charge < -0.3 is 14.8 Å². The van der Waals surface area contributed by atoms with Gasteiger partial charge in [0.2, 0.25) is 0 Å². The van der Waals surface area contributed by atoms with Gasteiger partial charge in [-0.25, -0.2) is 0 Å². The molecule has 0 bridgehead atoms. The first kappa shape index (κ1) is 15.8. The molecule has 1 N–H and O–H groups in total. The Labute approximate surface area is 126 Å². The second-order valence-corrected chi connectivity index (χ2v) is 6.52. The van der Waals surface area contributed by atoms with Crippen molar-refractivity contribution in [1.82, 2.24) is 5.32 Å². The van der Waals surface area contributed by atoms with E-state index in [2.05, 4.69) is 5.32 Å². The van der Waals surface area contributed by atoms with Crippen molar-refractivity contribution in [1.29, 1.82) is 0 Å². The molecule has 1 aromatic rings. The maximum absolute atomic E-state index is 12.1. The summed E-state index contributed by atoms with van der Waals surface area (Å²) in [6.45, 7) is 6.95. The molecule has 4 heteroatoms. The molecule has 2 rings (SSSR count). The molecule has 0 saturated carbocycles. The van der Waals surface area contributed by atoms with Crippen LogP contribution in [0.5, 0.6) is 5.75 Å². The summed E-state index contributed by atoms with van der Waals surface area (Å²) in [7, 11) is 0. The molecule has 1 unspecified atom stereocenters. The number of hydrogen-bond donors (Lipinski definition) is 1. The van der Waals surface area contributed by atoms with E-state index in [1.54, 1.807) is 0 Å². The highest BCUT2D eigenvalue weighted by Crippen LogP contribution is 2.21. The molecule has 1 aliphatic heterocycles. The Morgan fingerprint density at radius 3 is 2.62 bits per heavy atom. The summed E-state index contributed by atoms with van der Waals surface area (Å²) in [5, 5.41) is 3.39. The zero-order chi connectivity index (χ0) is 15.3. The summed E-state index contributed by atoms with van der Waals surface area (Å²) in [5.74, 6) is 0.616. The second-order valence-electron chi connectivity index (χ2n) is 6.52. The molecule has 4 nitrogen and oxygen atoms in total. The number of nitrogens with one attached hydrogen (secondary N) is 1. The molecule has 1 aromatic carbocycles. The number of carbonyl (C=O) groups is 1. The minimum Gasteiger partial charge on any atom is -0.490 e. The maximum Gasteiger partial charge on any atom is 0.311 e. The van der Waals surface area contributed by atoms with Gasteiger partial charge in [0.15, 0.2) is 6.10 Å². The van der Waals surface area contributed by atoms with Gasteiger partial charge in [-0.05, 0) is 52.3 Å². The van der Waals surface area contributed by atoms with Crippen LogP contribution in [-0.4, -0.2) is 31.3 Å². The van der Waals surface area contributed by atoms with Crippen LogP contribution in [0.15, 0.2) is 30.3 Å². The zero-order valence-electron chi connectivity index (χ0n) is 13.1. The lowest BCUT2D eigenvalue weighted by atomic mass is 9.97. The molecule has 0 spiro atoms. The van der Waals surface area contributed by atoms with Crippen molar-refractivity contribution in [3.05, 3.63) is 30.3 Å². The average molecular weight is 291 g/mol. The highest BCUT2D eigenvalue weighted by atomic mass is 16.6. The highest BCUT2D eigenvalue weighted by molar-refractivity contribution is 5.75. The van der Waals surface area contributed by atoms with Gasteiger partial charge in [0.1, 0.15) is 12.4 Å². The van der Waals surface area contributed by atoms with E-state index in [9.17, 15) is 4.79 Å². The number of para-hydroxylation sites is 1. The van der Waals surface area contributed by atoms with Gasteiger partial charge in [0.25, 0.3) is 0 Å². The molecule has 0 radical (unpaired) electrons. The number of ether oxygens (including phenoxy) is 2. The summed E-state index contributed by atoms with van der Waals surface area (Å²) < 4.78 is 11.5. The SMILES string of the molecule is CC(C)(C)C(=O)OC(COc1ccccc1)[C@H]1CCCN1. The zero-order valence-corrected chi connectivity index (χ0v) is 13.1. The Morgan fingerprint density at radius 2 is 2.05 bits per heavy atom. The molecular weight excluding hydrogens is 266 g/mol. The minimum atomic E-state index is -0.496. The number of hydrogen-bond acceptors (Lipinski definition) is 4. The van der Waals surface area contributed by atoms with Crippen LogP contribution in [-0.2, 0) is 9.53 Å². The van der Waals surface area contributed by atoms with Crippen molar-refractivity contribution < 1.29 is 14.3 Å². The first-order valence-corrected chi connectivity index (χ1v) is 7.59. The summed E-state index contributed by atoms with van der Waals surface area (Å²) in [4.78, 5) is 12.1. The lowest BCUT2D eigenvalue weighted by Crippen LogP contribution is -2.43. The monoisotopic (exact) mass is 291 g/mol. The van der Waals surface area contributed by atoms with Crippen molar-refractivity contribution in [3.8, 4) is 5.75 Å². The highest BCUT2D eigenvalue weighted by Gasteiger charge is 2.32. The summed E-state index contributed by atoms with van der Waals surface area (Å²) in [6, 6.07) is 9.80. The average Bonchev–Trinajstić information content (AvgIpc) is 2.97. The molecule has 0 amide bonds. The van der Waals surface area contributed by atoms with Gasteiger partial charge in [-0.1, -0.05) is 18.2 Å². The quantitative estimate of drug-likeness (QED) is 0.847. The number of carbonyl (C=O) groups excluding carboxylic acids is 1. The van der Waals surface area contributed by atoms with Crippen LogP contribution in [0.4, 0.5) is 0 Å². The van der Waals surface area contributed by atoms with Crippen molar-refractivity contribution in [2.45, 2.75) is 45.8 Å². The van der Waals surface area contributed by atoms with Crippen molar-refractivity contribution in [2.75, 3.05) is 13.2 Å². The van der Waals surface area contributed by atoms with Crippen molar-refractivity contribution in [3.63, 3.8) is 0 Å². The first-order chi connectivity index (χ1) is 9.97. The molecule has 0 aromatic heterocycles. The third kappa shape index (κ3) is 4.74. The van der Waals surface area contributed by atoms with E-state index < -0.39 is 5.41 Å². The molecule has 1 heterocycles. The predicted molar refractivity (Wildman–Crippen MR) is 82.3 cm³/mol. The van der Waals surface area contributed by atoms with Gasteiger partial charge in [-0.2, -0.15) is 0 Å². The number of esters is 1. The molecule has 21 heavy (non-hydrogen) atoms. The van der Waals surface area contributed by atoms with E-state index in [0.717, 1.165) is 25.1 Å². The summed E-state index contributed by atoms with van der Waals surface area (Å²) in [6.07, 6.45) is 1.87. The third-order valence-electron chi connectivity index (χ3n) is 3.58. The van der Waals surface area contributed by atoms with Crippen LogP contribution in [0.25, 0.3) is 0 Å². The standard InChI is InChI=1S/C17H25NO3/c1-17(2,3)16(19)21-15(14-10-7-11-18-14)12-20-13-8-5-4-6-9-13/h4-6,8-9,14-15,18H,7,10-12H2,1-3H3/t14-,15?/m1/s1. The second kappa shape index (κ2) is 6.94. The van der Waals surface area contributed by atoms with Crippen LogP contribution in [0.1, 0.15) is 33.6 Å². The van der Waals surface area contributed by atoms with Gasteiger partial charge in [-0.15, -0.1) is 0 Å². The summed E-state index contributed by atoms with van der Waals surface area (Å²) >= 11 is 0. The van der Waals surface area contributed by atoms with Gasteiger partial charge >= 0.3 is 5.97 Å². The Morgan fingerprint density at radius 1 is 1.33 bits per heavy atom. The van der Waals surface area contributed by atoms with Crippen LogP contribution >= 0.6 is 0 Å². The van der Waals surface area contributed by atoms with E-state index in [-0.39, 0.29) is 18.1 Å². The lowest BCUT2D eigenvalue weighted by molar-refractivity contribution is -0.161. The van der Waals surface area contributed by atoms with Crippen LogP contribution in [0.2, 0.25) is 0 Å². The van der Waals surface area contributed by atoms with E-state index in [1.807, 2.05) is 51.1 Å². The fraction of sp³-hybridized carbons (Fsp3) is 0.588. The van der Waals surface area contributed by atoms with E-state index in [1.165, 1.54) is 0 Å². The lowest BCUT2D eigenvalue weighted by Gasteiger charge is -2.27. The Kier molecular flexibility index (Phi) is 5.23. The molecule has 1 fully saturated rings. The molecular formula is C17H25NO3. The predicted octanol–water partition coefficient (Wildman–Crippen LogP) is 2.78. The van der Waals surface area contributed by atoms with Crippen LogP contribution < -0.4 is 10.1 Å². The summed E-state index contributed by atoms with van der Waals surface area (Å²) in [5.41, 5.74) is -0.496. The Bertz CT molecular complexity index is 447.